The average Bonchev–Trinajstić information content (AvgIpc) is 2.65. The maximum atomic E-state index is 13.0. The van der Waals surface area contributed by atoms with Crippen molar-refractivity contribution in [2.45, 2.75) is 54.5 Å². The molecule has 7 heteroatoms. The first-order valence-corrected chi connectivity index (χ1v) is 10.7. The van der Waals surface area contributed by atoms with Gasteiger partial charge in [-0.05, 0) is 49.7 Å². The number of rotatable bonds is 6. The zero-order chi connectivity index (χ0) is 22.6. The van der Waals surface area contributed by atoms with Gasteiger partial charge < -0.3 is 20.3 Å². The molecule has 1 unspecified atom stereocenters. The molecule has 2 rings (SSSR count). The molecule has 1 heterocycles. The molecule has 1 aliphatic rings. The molecule has 0 saturated heterocycles. The highest BCUT2D eigenvalue weighted by atomic mass is 32.1. The number of nitrogens with one attached hydrogen (secondary N) is 2. The summed E-state index contributed by atoms with van der Waals surface area (Å²) in [6, 6.07) is 7.02. The van der Waals surface area contributed by atoms with Gasteiger partial charge in [-0.25, -0.2) is 4.79 Å². The van der Waals surface area contributed by atoms with Gasteiger partial charge in [-0.15, -0.1) is 0 Å². The molecular formula is C23H33N3O3S. The van der Waals surface area contributed by atoms with Crippen molar-refractivity contribution in [3.8, 4) is 0 Å². The molecule has 1 atom stereocenters. The van der Waals surface area contributed by atoms with Gasteiger partial charge in [0.25, 0.3) is 0 Å². The fraction of sp³-hybridized carbons (Fsp3) is 0.522. The fourth-order valence-corrected chi connectivity index (χ4v) is 3.50. The van der Waals surface area contributed by atoms with Crippen molar-refractivity contribution in [2.75, 3.05) is 18.5 Å². The van der Waals surface area contributed by atoms with Gasteiger partial charge in [0.2, 0.25) is 5.91 Å². The molecule has 164 valence electrons. The van der Waals surface area contributed by atoms with Crippen LogP contribution in [0.25, 0.3) is 0 Å². The molecular weight excluding hydrogens is 398 g/mol. The van der Waals surface area contributed by atoms with Gasteiger partial charge in [0.1, 0.15) is 0 Å². The van der Waals surface area contributed by atoms with Crippen LogP contribution < -0.4 is 10.6 Å². The monoisotopic (exact) mass is 431 g/mol. The predicted molar refractivity (Wildman–Crippen MR) is 124 cm³/mol. The van der Waals surface area contributed by atoms with Crippen LogP contribution in [0.1, 0.15) is 60.1 Å². The van der Waals surface area contributed by atoms with Gasteiger partial charge in [-0.2, -0.15) is 0 Å². The Kier molecular flexibility index (Phi) is 7.64. The number of ether oxygens (including phenoxy) is 1. The summed E-state index contributed by atoms with van der Waals surface area (Å²) in [5, 5.41) is 6.78. The lowest BCUT2D eigenvalue weighted by molar-refractivity contribution is -0.140. The number of esters is 1. The highest BCUT2D eigenvalue weighted by Gasteiger charge is 2.34. The van der Waals surface area contributed by atoms with Crippen LogP contribution >= 0.6 is 12.2 Å². The number of benzene rings is 1. The van der Waals surface area contributed by atoms with E-state index in [0.717, 1.165) is 11.3 Å². The second kappa shape index (κ2) is 9.60. The van der Waals surface area contributed by atoms with Crippen LogP contribution in [0.3, 0.4) is 0 Å². The zero-order valence-electron chi connectivity index (χ0n) is 19.0. The van der Waals surface area contributed by atoms with Crippen LogP contribution in [0.2, 0.25) is 0 Å². The van der Waals surface area contributed by atoms with Gasteiger partial charge in [-0.3, -0.25) is 4.79 Å². The average molecular weight is 432 g/mol. The van der Waals surface area contributed by atoms with Crippen LogP contribution in [-0.2, 0) is 14.3 Å². The minimum atomic E-state index is -0.509. The quantitative estimate of drug-likeness (QED) is 0.514. The zero-order valence-corrected chi connectivity index (χ0v) is 19.8. The van der Waals surface area contributed by atoms with E-state index < -0.39 is 11.5 Å². The maximum Gasteiger partial charge on any atom is 0.338 e. The van der Waals surface area contributed by atoms with Crippen LogP contribution in [0.15, 0.2) is 35.5 Å². The smallest absolute Gasteiger partial charge is 0.338 e. The Balaban J connectivity index is 2.43. The lowest BCUT2D eigenvalue weighted by Gasteiger charge is -2.37. The minimum Gasteiger partial charge on any atom is -0.462 e. The number of hydrogen-bond acceptors (Lipinski definition) is 4. The lowest BCUT2D eigenvalue weighted by Crippen LogP contribution is -2.47. The predicted octanol–water partition coefficient (Wildman–Crippen LogP) is 4.40. The van der Waals surface area contributed by atoms with Crippen molar-refractivity contribution < 1.29 is 14.3 Å². The number of amides is 1. The Labute approximate surface area is 185 Å². The third kappa shape index (κ3) is 5.59. The maximum absolute atomic E-state index is 13.0. The van der Waals surface area contributed by atoms with Gasteiger partial charge in [0.05, 0.1) is 18.2 Å². The van der Waals surface area contributed by atoms with Crippen LogP contribution in [-0.4, -0.2) is 35.0 Å². The molecule has 6 nitrogen and oxygen atoms in total. The summed E-state index contributed by atoms with van der Waals surface area (Å²) in [6.45, 7) is 14.5. The number of anilines is 1. The summed E-state index contributed by atoms with van der Waals surface area (Å²) in [6.07, 6.45) is 0. The summed E-state index contributed by atoms with van der Waals surface area (Å²) in [7, 11) is 0. The second-order valence-electron chi connectivity index (χ2n) is 8.95. The van der Waals surface area contributed by atoms with E-state index in [1.165, 1.54) is 0 Å². The van der Waals surface area contributed by atoms with Gasteiger partial charge in [-0.1, -0.05) is 46.8 Å². The van der Waals surface area contributed by atoms with Crippen LogP contribution in [0.4, 0.5) is 5.69 Å². The molecule has 1 aliphatic heterocycles. The van der Waals surface area contributed by atoms with Crippen LogP contribution in [0, 0.1) is 11.3 Å². The Hall–Kier alpha value is -2.41. The number of carbonyl (C=O) groups excluding carboxylic acids is 2. The van der Waals surface area contributed by atoms with E-state index in [0.29, 0.717) is 29.5 Å². The first-order chi connectivity index (χ1) is 14.0. The highest BCUT2D eigenvalue weighted by Crippen LogP contribution is 2.32. The van der Waals surface area contributed by atoms with Crippen molar-refractivity contribution in [3.05, 3.63) is 41.1 Å². The van der Waals surface area contributed by atoms with E-state index in [-0.39, 0.29) is 17.8 Å². The molecule has 1 aromatic carbocycles. The standard InChI is InChI=1S/C23H33N3O3S/c1-8-26-15(4)18(20(27)29-13-14(2)3)19(25-22(26)30)16-10-9-11-17(12-16)24-21(28)23(5,6)7/h9-12,14,19H,8,13H2,1-7H3,(H,24,28)(H,25,30). The summed E-state index contributed by atoms with van der Waals surface area (Å²) in [5.74, 6) is -0.194. The Morgan fingerprint density at radius 1 is 1.30 bits per heavy atom. The first kappa shape index (κ1) is 23.9. The minimum absolute atomic E-state index is 0.0766. The molecule has 0 bridgehead atoms. The third-order valence-electron chi connectivity index (χ3n) is 4.84. The molecule has 0 fully saturated rings. The number of hydrogen-bond donors (Lipinski definition) is 2. The van der Waals surface area contributed by atoms with E-state index in [2.05, 4.69) is 10.6 Å². The summed E-state index contributed by atoms with van der Waals surface area (Å²) < 4.78 is 5.56. The van der Waals surface area contributed by atoms with E-state index in [4.69, 9.17) is 17.0 Å². The van der Waals surface area contributed by atoms with Crippen molar-refractivity contribution in [1.82, 2.24) is 10.2 Å². The topological polar surface area (TPSA) is 70.7 Å². The fourth-order valence-electron chi connectivity index (χ4n) is 3.11. The summed E-state index contributed by atoms with van der Waals surface area (Å²) in [4.78, 5) is 27.3. The van der Waals surface area contributed by atoms with Crippen molar-refractivity contribution in [3.63, 3.8) is 0 Å². The Morgan fingerprint density at radius 3 is 2.53 bits per heavy atom. The van der Waals surface area contributed by atoms with Gasteiger partial charge in [0, 0.05) is 23.3 Å². The highest BCUT2D eigenvalue weighted by molar-refractivity contribution is 7.80. The number of carbonyl (C=O) groups is 2. The molecule has 0 aliphatic carbocycles. The second-order valence-corrected chi connectivity index (χ2v) is 9.33. The van der Waals surface area contributed by atoms with Crippen LogP contribution in [0.5, 0.6) is 0 Å². The molecule has 30 heavy (non-hydrogen) atoms. The Bertz CT molecular complexity index is 855. The molecule has 0 spiro atoms. The summed E-state index contributed by atoms with van der Waals surface area (Å²) in [5.41, 5.74) is 2.31. The molecule has 0 saturated carbocycles. The van der Waals surface area contributed by atoms with E-state index >= 15 is 0 Å². The third-order valence-corrected chi connectivity index (χ3v) is 5.18. The summed E-state index contributed by atoms with van der Waals surface area (Å²) >= 11 is 5.54. The SMILES string of the molecule is CCN1C(=S)NC(c2cccc(NC(=O)C(C)(C)C)c2)C(C(=O)OCC(C)C)=C1C. The Morgan fingerprint density at radius 2 is 1.97 bits per heavy atom. The van der Waals surface area contributed by atoms with Gasteiger partial charge in [0.15, 0.2) is 5.11 Å². The van der Waals surface area contributed by atoms with Crippen molar-refractivity contribution in [1.29, 1.82) is 0 Å². The molecule has 1 amide bonds. The normalized spacial score (nSPS) is 17.1. The van der Waals surface area contributed by atoms with E-state index in [1.54, 1.807) is 0 Å². The molecule has 1 aromatic rings. The lowest BCUT2D eigenvalue weighted by atomic mass is 9.93. The van der Waals surface area contributed by atoms with Crippen molar-refractivity contribution >= 4 is 34.9 Å². The van der Waals surface area contributed by atoms with Gasteiger partial charge >= 0.3 is 5.97 Å². The number of allylic oxidation sites excluding steroid dienone is 1. The number of nitrogens with zero attached hydrogens (tertiary/aromatic N) is 1. The largest absolute Gasteiger partial charge is 0.462 e. The number of thiocarbonyl (C=S) groups is 1. The molecule has 0 radical (unpaired) electrons. The molecule has 2 N–H and O–H groups in total. The first-order valence-electron chi connectivity index (χ1n) is 10.3. The van der Waals surface area contributed by atoms with E-state index in [9.17, 15) is 9.59 Å². The van der Waals surface area contributed by atoms with Crippen molar-refractivity contribution in [2.24, 2.45) is 11.3 Å². The van der Waals surface area contributed by atoms with E-state index in [1.807, 2.05) is 77.6 Å². The molecule has 0 aromatic heterocycles.